The van der Waals surface area contributed by atoms with Crippen LogP contribution in [0.15, 0.2) is 12.1 Å². The highest BCUT2D eigenvalue weighted by Crippen LogP contribution is 2.69. The summed E-state index contributed by atoms with van der Waals surface area (Å²) in [6.45, 7) is 7.83. The molecule has 2 aromatic rings. The molecular formula is C21H24O6. The summed E-state index contributed by atoms with van der Waals surface area (Å²) < 4.78 is 0. The molecule has 1 unspecified atom stereocenters. The van der Waals surface area contributed by atoms with Gasteiger partial charge in [0.05, 0.1) is 0 Å². The van der Waals surface area contributed by atoms with E-state index < -0.39 is 33.8 Å². The van der Waals surface area contributed by atoms with Crippen molar-refractivity contribution in [1.29, 1.82) is 0 Å². The second-order valence-electron chi connectivity index (χ2n) is 9.23. The lowest BCUT2D eigenvalue weighted by Crippen LogP contribution is -2.27. The van der Waals surface area contributed by atoms with Gasteiger partial charge in [-0.25, -0.2) is 0 Å². The lowest BCUT2D eigenvalue weighted by atomic mass is 9.72. The fourth-order valence-corrected chi connectivity index (χ4v) is 5.61. The van der Waals surface area contributed by atoms with Crippen molar-refractivity contribution in [2.75, 3.05) is 0 Å². The lowest BCUT2D eigenvalue weighted by molar-refractivity contribution is 0.332. The van der Waals surface area contributed by atoms with Gasteiger partial charge in [0, 0.05) is 16.5 Å². The Morgan fingerprint density at radius 3 is 1.59 bits per heavy atom. The zero-order valence-electron chi connectivity index (χ0n) is 15.8. The number of aromatic hydroxyl groups is 6. The fraction of sp³-hybridized carbons (Fsp3) is 0.429. The monoisotopic (exact) mass is 372 g/mol. The summed E-state index contributed by atoms with van der Waals surface area (Å²) in [5, 5.41) is 61.7. The summed E-state index contributed by atoms with van der Waals surface area (Å²) in [6.07, 6.45) is 1.05. The summed E-state index contributed by atoms with van der Waals surface area (Å²) in [5.74, 6) is -2.85. The molecule has 2 aliphatic carbocycles. The third-order valence-corrected chi connectivity index (χ3v) is 6.40. The SMILES string of the molecule is CC1(C)CC2(CC(C)(C)c3c(O)c(O)c(O)c(O)c32)c2cc(O)c(O)cc21. The second kappa shape index (κ2) is 4.74. The number of hydrogen-bond donors (Lipinski definition) is 6. The van der Waals surface area contributed by atoms with Crippen LogP contribution in [-0.2, 0) is 16.2 Å². The Morgan fingerprint density at radius 2 is 1.04 bits per heavy atom. The minimum atomic E-state index is -0.782. The highest BCUT2D eigenvalue weighted by Gasteiger charge is 2.59. The molecule has 2 aromatic carbocycles. The molecule has 144 valence electrons. The van der Waals surface area contributed by atoms with Crippen molar-refractivity contribution in [3.05, 3.63) is 34.4 Å². The Kier molecular flexibility index (Phi) is 3.10. The maximum atomic E-state index is 10.8. The van der Waals surface area contributed by atoms with E-state index in [1.54, 1.807) is 6.07 Å². The first kappa shape index (κ1) is 17.6. The first-order chi connectivity index (χ1) is 12.3. The van der Waals surface area contributed by atoms with Crippen LogP contribution in [0.2, 0.25) is 0 Å². The Balaban J connectivity index is 2.15. The van der Waals surface area contributed by atoms with Crippen molar-refractivity contribution < 1.29 is 30.6 Å². The molecule has 6 nitrogen and oxygen atoms in total. The molecule has 6 heteroatoms. The Morgan fingerprint density at radius 1 is 0.593 bits per heavy atom. The average Bonchev–Trinajstić information content (AvgIpc) is 2.91. The topological polar surface area (TPSA) is 121 Å². The van der Waals surface area contributed by atoms with Crippen LogP contribution in [0.5, 0.6) is 34.5 Å². The molecule has 0 amide bonds. The number of phenolic OH excluding ortho intramolecular Hbond substituents is 6. The minimum Gasteiger partial charge on any atom is -0.504 e. The van der Waals surface area contributed by atoms with Gasteiger partial charge >= 0.3 is 0 Å². The van der Waals surface area contributed by atoms with Gasteiger partial charge in [-0.3, -0.25) is 0 Å². The van der Waals surface area contributed by atoms with E-state index in [1.165, 1.54) is 6.07 Å². The van der Waals surface area contributed by atoms with Crippen LogP contribution in [0.25, 0.3) is 0 Å². The van der Waals surface area contributed by atoms with Gasteiger partial charge < -0.3 is 30.6 Å². The van der Waals surface area contributed by atoms with Crippen LogP contribution < -0.4 is 0 Å². The van der Waals surface area contributed by atoms with Crippen molar-refractivity contribution in [3.63, 3.8) is 0 Å². The summed E-state index contributed by atoms with van der Waals surface area (Å²) in [7, 11) is 0. The van der Waals surface area contributed by atoms with Crippen molar-refractivity contribution in [2.24, 2.45) is 0 Å². The van der Waals surface area contributed by atoms with Gasteiger partial charge in [-0.1, -0.05) is 27.7 Å². The summed E-state index contributed by atoms with van der Waals surface area (Å²) in [6, 6.07) is 3.05. The molecule has 0 bridgehead atoms. The van der Waals surface area contributed by atoms with Gasteiger partial charge in [0.1, 0.15) is 0 Å². The molecule has 0 aromatic heterocycles. The fourth-order valence-electron chi connectivity index (χ4n) is 5.61. The van der Waals surface area contributed by atoms with E-state index in [4.69, 9.17) is 0 Å². The summed E-state index contributed by atoms with van der Waals surface area (Å²) in [4.78, 5) is 0. The predicted octanol–water partition coefficient (Wildman–Crippen LogP) is 3.57. The van der Waals surface area contributed by atoms with Crippen LogP contribution >= 0.6 is 0 Å². The highest BCUT2D eigenvalue weighted by atomic mass is 16.3. The molecule has 0 heterocycles. The molecule has 0 saturated carbocycles. The third-order valence-electron chi connectivity index (χ3n) is 6.40. The summed E-state index contributed by atoms with van der Waals surface area (Å²) >= 11 is 0. The number of fused-ring (bicyclic) bond motifs is 4. The van der Waals surface area contributed by atoms with E-state index in [9.17, 15) is 30.6 Å². The zero-order chi connectivity index (χ0) is 20.1. The van der Waals surface area contributed by atoms with Gasteiger partial charge in [0.25, 0.3) is 0 Å². The maximum absolute atomic E-state index is 10.8. The van der Waals surface area contributed by atoms with Gasteiger partial charge in [-0.2, -0.15) is 0 Å². The molecule has 0 saturated heterocycles. The number of rotatable bonds is 0. The van der Waals surface area contributed by atoms with Crippen molar-refractivity contribution in [1.82, 2.24) is 0 Å². The van der Waals surface area contributed by atoms with Crippen LogP contribution in [0.4, 0.5) is 0 Å². The molecule has 27 heavy (non-hydrogen) atoms. The van der Waals surface area contributed by atoms with Gasteiger partial charge in [-0.05, 0) is 46.9 Å². The molecular weight excluding hydrogens is 348 g/mol. The number of hydrogen-bond acceptors (Lipinski definition) is 6. The molecule has 4 rings (SSSR count). The maximum Gasteiger partial charge on any atom is 0.204 e. The highest BCUT2D eigenvalue weighted by molar-refractivity contribution is 5.74. The average molecular weight is 372 g/mol. The molecule has 6 N–H and O–H groups in total. The number of phenols is 6. The predicted molar refractivity (Wildman–Crippen MR) is 98.9 cm³/mol. The van der Waals surface area contributed by atoms with Crippen molar-refractivity contribution >= 4 is 0 Å². The zero-order valence-corrected chi connectivity index (χ0v) is 15.8. The summed E-state index contributed by atoms with van der Waals surface area (Å²) in [5.41, 5.74) is 0.586. The van der Waals surface area contributed by atoms with E-state index in [-0.39, 0.29) is 16.9 Å². The molecule has 0 radical (unpaired) electrons. The van der Waals surface area contributed by atoms with E-state index in [1.807, 2.05) is 27.7 Å². The van der Waals surface area contributed by atoms with E-state index in [2.05, 4.69) is 0 Å². The van der Waals surface area contributed by atoms with Crippen molar-refractivity contribution in [3.8, 4) is 34.5 Å². The second-order valence-corrected chi connectivity index (χ2v) is 9.23. The Labute approximate surface area is 157 Å². The normalized spacial score (nSPS) is 24.1. The first-order valence-electron chi connectivity index (χ1n) is 8.91. The van der Waals surface area contributed by atoms with Crippen LogP contribution in [0.3, 0.4) is 0 Å². The minimum absolute atomic E-state index is 0.211. The molecule has 0 aliphatic heterocycles. The van der Waals surface area contributed by atoms with Crippen LogP contribution in [-0.4, -0.2) is 30.6 Å². The van der Waals surface area contributed by atoms with Gasteiger partial charge in [-0.15, -0.1) is 0 Å². The quantitative estimate of drug-likeness (QED) is 0.311. The molecule has 0 fully saturated rings. The van der Waals surface area contributed by atoms with E-state index in [0.717, 1.165) is 11.1 Å². The Hall–Kier alpha value is -2.76. The third kappa shape index (κ3) is 1.95. The van der Waals surface area contributed by atoms with Crippen molar-refractivity contribution in [2.45, 2.75) is 56.8 Å². The standard InChI is InChI=1S/C21H24O6/c1-19(2)7-21(10-6-12(23)11(22)5-9(10)19)8-20(3,4)13-14(21)16(25)18(27)17(26)15(13)24/h5-6,22-27H,7-8H2,1-4H3. The van der Waals surface area contributed by atoms with Gasteiger partial charge in [0.15, 0.2) is 23.0 Å². The van der Waals surface area contributed by atoms with E-state index in [0.29, 0.717) is 24.0 Å². The number of benzene rings is 2. The van der Waals surface area contributed by atoms with Crippen LogP contribution in [0, 0.1) is 0 Å². The largest absolute Gasteiger partial charge is 0.504 e. The smallest absolute Gasteiger partial charge is 0.204 e. The molecule has 2 aliphatic rings. The lowest BCUT2D eigenvalue weighted by Gasteiger charge is -2.30. The van der Waals surface area contributed by atoms with E-state index >= 15 is 0 Å². The Bertz CT molecular complexity index is 1000. The first-order valence-corrected chi connectivity index (χ1v) is 8.91. The van der Waals surface area contributed by atoms with Gasteiger partial charge in [0.2, 0.25) is 11.5 Å². The van der Waals surface area contributed by atoms with Crippen LogP contribution in [0.1, 0.15) is 62.8 Å². The molecule has 1 spiro atoms. The molecule has 1 atom stereocenters.